The lowest BCUT2D eigenvalue weighted by molar-refractivity contribution is -0.104. The van der Waals surface area contributed by atoms with Gasteiger partial charge >= 0.3 is 0 Å². The Kier molecular flexibility index (Phi) is 10.2. The van der Waals surface area contributed by atoms with E-state index in [1.54, 1.807) is 6.08 Å². The maximum absolute atomic E-state index is 10.3. The lowest BCUT2D eigenvalue weighted by Gasteiger charge is -2.32. The fourth-order valence-electron chi connectivity index (χ4n) is 2.80. The van der Waals surface area contributed by atoms with Crippen LogP contribution in [0.2, 0.25) is 0 Å². The third-order valence-corrected chi connectivity index (χ3v) is 4.10. The van der Waals surface area contributed by atoms with E-state index in [2.05, 4.69) is 45.9 Å². The fourth-order valence-corrected chi connectivity index (χ4v) is 2.80. The lowest BCUT2D eigenvalue weighted by atomic mass is 9.72. The molecule has 23 heavy (non-hydrogen) atoms. The molecule has 1 aliphatic carbocycles. The average Bonchev–Trinajstić information content (AvgIpc) is 2.48. The Morgan fingerprint density at radius 1 is 1.04 bits per heavy atom. The van der Waals surface area contributed by atoms with E-state index in [-0.39, 0.29) is 5.41 Å². The largest absolute Gasteiger partial charge is 0.299 e. The van der Waals surface area contributed by atoms with Gasteiger partial charge in [-0.2, -0.15) is 0 Å². The van der Waals surface area contributed by atoms with Gasteiger partial charge in [0.15, 0.2) is 0 Å². The minimum absolute atomic E-state index is 0.290. The molecule has 0 aliphatic heterocycles. The van der Waals surface area contributed by atoms with Crippen LogP contribution in [0.4, 0.5) is 0 Å². The highest BCUT2D eigenvalue weighted by Gasteiger charge is 2.26. The minimum Gasteiger partial charge on any atom is -0.299 e. The first-order valence-electron chi connectivity index (χ1n) is 8.72. The van der Waals surface area contributed by atoms with Gasteiger partial charge in [-0.25, -0.2) is 0 Å². The van der Waals surface area contributed by atoms with Crippen LogP contribution in [0.3, 0.4) is 0 Å². The van der Waals surface area contributed by atoms with Crippen molar-refractivity contribution in [3.8, 4) is 0 Å². The van der Waals surface area contributed by atoms with Gasteiger partial charge in [-0.1, -0.05) is 69.2 Å². The van der Waals surface area contributed by atoms with Crippen LogP contribution < -0.4 is 0 Å². The first-order valence-corrected chi connectivity index (χ1v) is 8.72. The van der Waals surface area contributed by atoms with Crippen molar-refractivity contribution < 1.29 is 4.79 Å². The summed E-state index contributed by atoms with van der Waals surface area (Å²) < 4.78 is 0. The summed E-state index contributed by atoms with van der Waals surface area (Å²) in [7, 11) is 0. The molecule has 0 amide bonds. The van der Waals surface area contributed by atoms with Crippen LogP contribution in [-0.4, -0.2) is 6.29 Å². The molecule has 128 valence electrons. The predicted octanol–water partition coefficient (Wildman–Crippen LogP) is 6.74. The maximum Gasteiger partial charge on any atom is 0.143 e. The number of rotatable bonds is 5. The zero-order valence-corrected chi connectivity index (χ0v) is 16.1. The van der Waals surface area contributed by atoms with E-state index in [1.165, 1.54) is 36.0 Å². The number of hydrogen-bond donors (Lipinski definition) is 0. The van der Waals surface area contributed by atoms with Crippen LogP contribution in [0.15, 0.2) is 58.7 Å². The number of allylic oxidation sites excluding steroid dienone is 10. The topological polar surface area (TPSA) is 17.1 Å². The average molecular weight is 315 g/mol. The highest BCUT2D eigenvalue weighted by atomic mass is 16.1. The van der Waals surface area contributed by atoms with Gasteiger partial charge in [0.25, 0.3) is 0 Å². The first kappa shape index (κ1) is 21.4. The van der Waals surface area contributed by atoms with Gasteiger partial charge in [0, 0.05) is 0 Å². The standard InChI is InChI=1S/C20H28O.C2H6/c1-16(8-6-9-17(2)13-15-21)11-12-19-18(3)10-7-14-20(19,4)5;1-2/h6,8-9,11-13,15H,7,10,14H2,1-5H3;1-2H3/b9-6+,12-11+,16-8+,17-13+;. The van der Waals surface area contributed by atoms with E-state index in [1.807, 2.05) is 32.9 Å². The molecule has 0 unspecified atom stereocenters. The molecular formula is C22H34O. The number of carbonyl (C=O) groups excluding carboxylic acids is 1. The zero-order valence-electron chi connectivity index (χ0n) is 16.1. The Morgan fingerprint density at radius 2 is 1.65 bits per heavy atom. The smallest absolute Gasteiger partial charge is 0.143 e. The summed E-state index contributed by atoms with van der Waals surface area (Å²) in [5.74, 6) is 0. The van der Waals surface area contributed by atoms with Crippen molar-refractivity contribution >= 4 is 6.29 Å². The van der Waals surface area contributed by atoms with Crippen LogP contribution in [0.5, 0.6) is 0 Å². The molecule has 1 aliphatic rings. The first-order chi connectivity index (χ1) is 10.9. The normalized spacial score (nSPS) is 19.1. The summed E-state index contributed by atoms with van der Waals surface area (Å²) in [6, 6.07) is 0. The van der Waals surface area contributed by atoms with Crippen LogP contribution in [0, 0.1) is 5.41 Å². The third-order valence-electron chi connectivity index (χ3n) is 4.10. The molecule has 0 radical (unpaired) electrons. The summed E-state index contributed by atoms with van der Waals surface area (Å²) in [5.41, 5.74) is 5.48. The molecule has 0 atom stereocenters. The Morgan fingerprint density at radius 3 is 2.22 bits per heavy atom. The van der Waals surface area contributed by atoms with Crippen molar-refractivity contribution in [2.45, 2.75) is 67.7 Å². The molecule has 1 heteroatoms. The van der Waals surface area contributed by atoms with Crippen molar-refractivity contribution in [3.63, 3.8) is 0 Å². The molecule has 0 aromatic carbocycles. The number of aldehydes is 1. The van der Waals surface area contributed by atoms with Crippen LogP contribution >= 0.6 is 0 Å². The summed E-state index contributed by atoms with van der Waals surface area (Å²) in [6.45, 7) is 14.9. The molecule has 0 bridgehead atoms. The number of carbonyl (C=O) groups is 1. The molecule has 1 rings (SSSR count). The van der Waals surface area contributed by atoms with E-state index in [0.717, 1.165) is 11.9 Å². The summed E-state index contributed by atoms with van der Waals surface area (Å²) in [4.78, 5) is 10.3. The van der Waals surface area contributed by atoms with E-state index < -0.39 is 0 Å². The van der Waals surface area contributed by atoms with Gasteiger partial charge in [-0.15, -0.1) is 0 Å². The summed E-state index contributed by atoms with van der Waals surface area (Å²) >= 11 is 0. The highest BCUT2D eigenvalue weighted by molar-refractivity contribution is 5.66. The molecule has 0 N–H and O–H groups in total. The van der Waals surface area contributed by atoms with Gasteiger partial charge in [0.05, 0.1) is 0 Å². The van der Waals surface area contributed by atoms with Crippen LogP contribution in [0.25, 0.3) is 0 Å². The summed E-state index contributed by atoms with van der Waals surface area (Å²) in [5, 5.41) is 0. The Bertz CT molecular complexity index is 522. The van der Waals surface area contributed by atoms with Crippen LogP contribution in [0.1, 0.15) is 67.7 Å². The molecule has 0 heterocycles. The highest BCUT2D eigenvalue weighted by Crippen LogP contribution is 2.40. The van der Waals surface area contributed by atoms with Gasteiger partial charge < -0.3 is 0 Å². The van der Waals surface area contributed by atoms with Crippen molar-refractivity contribution in [2.75, 3.05) is 0 Å². The second-order valence-electron chi connectivity index (χ2n) is 6.58. The van der Waals surface area contributed by atoms with Crippen molar-refractivity contribution in [1.29, 1.82) is 0 Å². The molecular weight excluding hydrogens is 280 g/mol. The van der Waals surface area contributed by atoms with Gasteiger partial charge in [-0.3, -0.25) is 4.79 Å². The monoisotopic (exact) mass is 314 g/mol. The molecule has 0 aromatic heterocycles. The van der Waals surface area contributed by atoms with Crippen molar-refractivity contribution in [2.24, 2.45) is 5.41 Å². The van der Waals surface area contributed by atoms with E-state index in [0.29, 0.717) is 0 Å². The lowest BCUT2D eigenvalue weighted by Crippen LogP contribution is -2.19. The molecule has 1 nitrogen and oxygen atoms in total. The summed E-state index contributed by atoms with van der Waals surface area (Å²) in [6.07, 6.45) is 16.6. The van der Waals surface area contributed by atoms with Crippen molar-refractivity contribution in [1.82, 2.24) is 0 Å². The Labute approximate surface area is 143 Å². The van der Waals surface area contributed by atoms with E-state index >= 15 is 0 Å². The molecule has 0 fully saturated rings. The minimum atomic E-state index is 0.290. The fraction of sp³-hybridized carbons (Fsp3) is 0.500. The second kappa shape index (κ2) is 11.0. The zero-order chi connectivity index (χ0) is 17.9. The van der Waals surface area contributed by atoms with Crippen molar-refractivity contribution in [3.05, 3.63) is 58.7 Å². The predicted molar refractivity (Wildman–Crippen MR) is 104 cm³/mol. The van der Waals surface area contributed by atoms with Crippen LogP contribution in [-0.2, 0) is 4.79 Å². The van der Waals surface area contributed by atoms with Gasteiger partial charge in [-0.05, 0) is 62.7 Å². The quantitative estimate of drug-likeness (QED) is 0.312. The Hall–Kier alpha value is -1.63. The second-order valence-corrected chi connectivity index (χ2v) is 6.58. The third kappa shape index (κ3) is 7.97. The molecule has 0 spiro atoms. The van der Waals surface area contributed by atoms with Gasteiger partial charge in [0.1, 0.15) is 6.29 Å². The molecule has 0 saturated carbocycles. The van der Waals surface area contributed by atoms with Gasteiger partial charge in [0.2, 0.25) is 0 Å². The maximum atomic E-state index is 10.3. The molecule has 0 aromatic rings. The number of hydrogen-bond acceptors (Lipinski definition) is 1. The SMILES string of the molecule is CC.CC1=C(/C=C/C(C)=C/C=C/C(C)=C/C=O)C(C)(C)CCC1. The molecule has 0 saturated heterocycles. The Balaban J connectivity index is 0.00000232. The van der Waals surface area contributed by atoms with E-state index in [9.17, 15) is 4.79 Å². The van der Waals surface area contributed by atoms with E-state index in [4.69, 9.17) is 0 Å².